The molecule has 0 unspecified atom stereocenters. The molecule has 0 heterocycles. The monoisotopic (exact) mass is 108 g/mol. The van der Waals surface area contributed by atoms with Gasteiger partial charge in [0.1, 0.15) is 6.61 Å². The lowest BCUT2D eigenvalue weighted by Gasteiger charge is -1.79. The minimum absolute atomic E-state index is 0.474. The molecule has 0 bridgehead atoms. The summed E-state index contributed by atoms with van der Waals surface area (Å²) in [6, 6.07) is 0. The summed E-state index contributed by atoms with van der Waals surface area (Å²) < 4.78 is 4.65. The summed E-state index contributed by atoms with van der Waals surface area (Å²) >= 11 is 0. The van der Waals surface area contributed by atoms with Crippen LogP contribution in [0.25, 0.3) is 0 Å². The van der Waals surface area contributed by atoms with Crippen LogP contribution < -0.4 is 0 Å². The smallest absolute Gasteiger partial charge is 0.107 e. The van der Waals surface area contributed by atoms with E-state index in [0.29, 0.717) is 13.0 Å². The Kier molecular flexibility index (Phi) is 5.38. The zero-order chi connectivity index (χ0) is 6.24. The lowest BCUT2D eigenvalue weighted by Crippen LogP contribution is -1.79. The van der Waals surface area contributed by atoms with Crippen molar-refractivity contribution < 1.29 is 4.74 Å². The van der Waals surface area contributed by atoms with Crippen molar-refractivity contribution in [2.24, 2.45) is 0 Å². The van der Waals surface area contributed by atoms with Crippen molar-refractivity contribution in [1.82, 2.24) is 0 Å². The average Bonchev–Trinajstić information content (AvgIpc) is 1.81. The van der Waals surface area contributed by atoms with E-state index in [1.54, 1.807) is 7.11 Å². The van der Waals surface area contributed by atoms with E-state index in [4.69, 9.17) is 6.42 Å². The predicted molar refractivity (Wildman–Crippen MR) is 33.1 cm³/mol. The average molecular weight is 108 g/mol. The van der Waals surface area contributed by atoms with Gasteiger partial charge in [-0.1, -0.05) is 17.8 Å². The molecule has 0 saturated carbocycles. The summed E-state index contributed by atoms with van der Waals surface area (Å²) in [7, 11) is 1.60. The van der Waals surface area contributed by atoms with Gasteiger partial charge < -0.3 is 4.74 Å². The number of rotatable bonds is 1. The summed E-state index contributed by atoms with van der Waals surface area (Å²) in [4.78, 5) is 0. The molecule has 0 N–H and O–H groups in total. The molecule has 0 aliphatic rings. The molecule has 0 aromatic carbocycles. The van der Waals surface area contributed by atoms with Crippen molar-refractivity contribution in [2.45, 2.75) is 6.42 Å². The van der Waals surface area contributed by atoms with Crippen molar-refractivity contribution in [3.05, 3.63) is 0 Å². The minimum Gasteiger partial charge on any atom is -0.372 e. The van der Waals surface area contributed by atoms with Crippen LogP contribution in [0.4, 0.5) is 0 Å². The maximum Gasteiger partial charge on any atom is 0.107 e. The van der Waals surface area contributed by atoms with Crippen LogP contribution in [0.15, 0.2) is 0 Å². The van der Waals surface area contributed by atoms with Gasteiger partial charge in [-0.15, -0.1) is 6.42 Å². The summed E-state index contributed by atoms with van der Waals surface area (Å²) in [6.45, 7) is 0.474. The van der Waals surface area contributed by atoms with E-state index < -0.39 is 0 Å². The van der Waals surface area contributed by atoms with Crippen LogP contribution in [0.1, 0.15) is 6.42 Å². The highest BCUT2D eigenvalue weighted by Gasteiger charge is 1.65. The third-order valence-electron chi connectivity index (χ3n) is 0.532. The van der Waals surface area contributed by atoms with Gasteiger partial charge in [0.2, 0.25) is 0 Å². The Morgan fingerprint density at radius 1 is 1.50 bits per heavy atom. The van der Waals surface area contributed by atoms with E-state index in [-0.39, 0.29) is 0 Å². The first-order valence-electron chi connectivity index (χ1n) is 2.30. The largest absolute Gasteiger partial charge is 0.372 e. The van der Waals surface area contributed by atoms with Crippen LogP contribution in [0.5, 0.6) is 0 Å². The van der Waals surface area contributed by atoms with Crippen molar-refractivity contribution >= 4 is 0 Å². The van der Waals surface area contributed by atoms with Crippen molar-refractivity contribution in [3.63, 3.8) is 0 Å². The Balaban J connectivity index is 3.11. The van der Waals surface area contributed by atoms with Gasteiger partial charge in [-0.2, -0.15) is 0 Å². The Hall–Kier alpha value is -0.920. The van der Waals surface area contributed by atoms with E-state index in [2.05, 4.69) is 22.5 Å². The highest BCUT2D eigenvalue weighted by molar-refractivity contribution is 5.07. The van der Waals surface area contributed by atoms with Gasteiger partial charge in [-0.3, -0.25) is 0 Å². The maximum atomic E-state index is 4.92. The van der Waals surface area contributed by atoms with Crippen LogP contribution in [-0.2, 0) is 4.74 Å². The molecule has 0 aliphatic carbocycles. The molecule has 0 rings (SSSR count). The normalized spacial score (nSPS) is 6.50. The van der Waals surface area contributed by atoms with Crippen molar-refractivity contribution in [1.29, 1.82) is 0 Å². The van der Waals surface area contributed by atoms with Crippen LogP contribution in [0, 0.1) is 24.2 Å². The fourth-order valence-corrected chi connectivity index (χ4v) is 0.237. The zero-order valence-corrected chi connectivity index (χ0v) is 4.90. The quantitative estimate of drug-likeness (QED) is 0.448. The molecular formula is C7H8O. The Bertz CT molecular complexity index is 131. The minimum atomic E-state index is 0.474. The number of hydrogen-bond acceptors (Lipinski definition) is 1. The van der Waals surface area contributed by atoms with Gasteiger partial charge in [0.15, 0.2) is 0 Å². The first-order valence-corrected chi connectivity index (χ1v) is 2.30. The van der Waals surface area contributed by atoms with Crippen LogP contribution in [0.2, 0.25) is 0 Å². The van der Waals surface area contributed by atoms with E-state index in [0.717, 1.165) is 0 Å². The molecule has 1 heteroatoms. The lowest BCUT2D eigenvalue weighted by atomic mass is 10.4. The van der Waals surface area contributed by atoms with E-state index >= 15 is 0 Å². The molecule has 0 aromatic rings. The number of terminal acetylenes is 1. The fraction of sp³-hybridized carbons (Fsp3) is 0.429. The highest BCUT2D eigenvalue weighted by atomic mass is 16.5. The molecule has 42 valence electrons. The van der Waals surface area contributed by atoms with Gasteiger partial charge in [0.25, 0.3) is 0 Å². The van der Waals surface area contributed by atoms with Gasteiger partial charge in [0, 0.05) is 7.11 Å². The molecule has 0 aliphatic heterocycles. The molecule has 0 aromatic heterocycles. The van der Waals surface area contributed by atoms with Gasteiger partial charge in [-0.25, -0.2) is 0 Å². The molecule has 0 spiro atoms. The fourth-order valence-electron chi connectivity index (χ4n) is 0.237. The van der Waals surface area contributed by atoms with E-state index in [9.17, 15) is 0 Å². The van der Waals surface area contributed by atoms with Gasteiger partial charge >= 0.3 is 0 Å². The van der Waals surface area contributed by atoms with Crippen LogP contribution in [-0.4, -0.2) is 13.7 Å². The standard InChI is InChI=1S/C7H8O/c1-3-4-5-6-7-8-2/h1H,4,7H2,2H3. The number of ether oxygens (including phenoxy) is 1. The van der Waals surface area contributed by atoms with Crippen molar-refractivity contribution in [3.8, 4) is 24.2 Å². The third kappa shape index (κ3) is 5.08. The molecule has 1 nitrogen and oxygen atoms in total. The molecule has 8 heavy (non-hydrogen) atoms. The summed E-state index contributed by atoms with van der Waals surface area (Å²) in [5.74, 6) is 7.84. The van der Waals surface area contributed by atoms with Crippen LogP contribution in [0.3, 0.4) is 0 Å². The highest BCUT2D eigenvalue weighted by Crippen LogP contribution is 1.67. The number of methoxy groups -OCH3 is 1. The Morgan fingerprint density at radius 2 is 2.25 bits per heavy atom. The number of hydrogen-bond donors (Lipinski definition) is 0. The van der Waals surface area contributed by atoms with Crippen LogP contribution >= 0.6 is 0 Å². The molecule has 0 atom stereocenters. The first kappa shape index (κ1) is 7.08. The Morgan fingerprint density at radius 3 is 2.75 bits per heavy atom. The maximum absolute atomic E-state index is 4.92. The molecule has 0 radical (unpaired) electrons. The van der Waals surface area contributed by atoms with Gasteiger partial charge in [-0.05, 0) is 0 Å². The second-order valence-electron chi connectivity index (χ2n) is 1.17. The molecule has 0 amide bonds. The van der Waals surface area contributed by atoms with Crippen molar-refractivity contribution in [2.75, 3.05) is 13.7 Å². The summed E-state index contributed by atoms with van der Waals surface area (Å²) in [5, 5.41) is 0. The lowest BCUT2D eigenvalue weighted by molar-refractivity contribution is 0.239. The molecular weight excluding hydrogens is 100 g/mol. The topological polar surface area (TPSA) is 9.23 Å². The predicted octanol–water partition coefficient (Wildman–Crippen LogP) is 0.659. The molecule has 0 saturated heterocycles. The third-order valence-corrected chi connectivity index (χ3v) is 0.532. The summed E-state index contributed by atoms with van der Waals surface area (Å²) in [5.41, 5.74) is 0. The summed E-state index contributed by atoms with van der Waals surface area (Å²) in [6.07, 6.45) is 5.43. The van der Waals surface area contributed by atoms with Gasteiger partial charge in [0.05, 0.1) is 6.42 Å². The first-order chi connectivity index (χ1) is 3.91. The zero-order valence-electron chi connectivity index (χ0n) is 4.90. The Labute approximate surface area is 50.0 Å². The van der Waals surface area contributed by atoms with E-state index in [1.165, 1.54) is 0 Å². The van der Waals surface area contributed by atoms with E-state index in [1.807, 2.05) is 0 Å². The second-order valence-corrected chi connectivity index (χ2v) is 1.17. The second kappa shape index (κ2) is 6.08. The molecule has 0 fully saturated rings. The SMILES string of the molecule is C#CCC#CCOC.